The molecule has 0 aliphatic rings. The molecule has 1 rings (SSSR count). The van der Waals surface area contributed by atoms with Gasteiger partial charge in [-0.3, -0.25) is 0 Å². The molecule has 6 heteroatoms. The molecule has 0 bridgehead atoms. The van der Waals surface area contributed by atoms with E-state index in [0.29, 0.717) is 22.6 Å². The number of aliphatic hydroxyl groups excluding tert-OH is 1. The van der Waals surface area contributed by atoms with Gasteiger partial charge in [-0.2, -0.15) is 0 Å². The van der Waals surface area contributed by atoms with E-state index in [4.69, 9.17) is 18.9 Å². The molecule has 0 fully saturated rings. The molecule has 112 valence electrons. The molecule has 1 unspecified atom stereocenters. The largest absolute Gasteiger partial charge is 0.496 e. The maximum atomic E-state index is 11.6. The number of benzene rings is 1. The van der Waals surface area contributed by atoms with Crippen molar-refractivity contribution in [2.24, 2.45) is 0 Å². The summed E-state index contributed by atoms with van der Waals surface area (Å²) < 4.78 is 20.3. The lowest BCUT2D eigenvalue weighted by molar-refractivity contribution is -0.153. The Morgan fingerprint density at radius 1 is 1.20 bits per heavy atom. The Morgan fingerprint density at radius 3 is 2.35 bits per heavy atom. The molecular formula is C14H20O6. The van der Waals surface area contributed by atoms with Crippen LogP contribution in [0.2, 0.25) is 0 Å². The second-order valence-electron chi connectivity index (χ2n) is 3.99. The summed E-state index contributed by atoms with van der Waals surface area (Å²) in [4.78, 5) is 11.6. The molecule has 1 atom stereocenters. The highest BCUT2D eigenvalue weighted by Gasteiger charge is 2.24. The number of aliphatic hydroxyl groups is 1. The monoisotopic (exact) mass is 284 g/mol. The summed E-state index contributed by atoms with van der Waals surface area (Å²) in [6.07, 6.45) is -1.41. The van der Waals surface area contributed by atoms with Gasteiger partial charge in [0.15, 0.2) is 6.10 Å². The van der Waals surface area contributed by atoms with E-state index in [-0.39, 0.29) is 13.2 Å². The minimum absolute atomic E-state index is 0.194. The average Bonchev–Trinajstić information content (AvgIpc) is 2.46. The number of esters is 1. The Balaban J connectivity index is 3.22. The van der Waals surface area contributed by atoms with Crippen LogP contribution in [0.25, 0.3) is 0 Å². The standard InChI is InChI=1S/C14H20O6/c1-5-20-14(16)13(15)10-6-9(8-17-2)11(18-3)7-12(10)19-4/h6-7,13,15H,5,8H2,1-4H3. The van der Waals surface area contributed by atoms with Crippen molar-refractivity contribution in [1.29, 1.82) is 0 Å². The summed E-state index contributed by atoms with van der Waals surface area (Å²) in [7, 11) is 4.52. The van der Waals surface area contributed by atoms with Crippen LogP contribution >= 0.6 is 0 Å². The van der Waals surface area contributed by atoms with Crippen molar-refractivity contribution >= 4 is 5.97 Å². The van der Waals surface area contributed by atoms with E-state index < -0.39 is 12.1 Å². The van der Waals surface area contributed by atoms with Crippen molar-refractivity contribution < 1.29 is 28.8 Å². The van der Waals surface area contributed by atoms with Gasteiger partial charge in [0.05, 0.1) is 27.4 Å². The van der Waals surface area contributed by atoms with Gasteiger partial charge in [-0.15, -0.1) is 0 Å². The Labute approximate surface area is 118 Å². The minimum Gasteiger partial charge on any atom is -0.496 e. The van der Waals surface area contributed by atoms with Crippen LogP contribution in [0.1, 0.15) is 24.2 Å². The van der Waals surface area contributed by atoms with E-state index in [1.54, 1.807) is 26.2 Å². The fraction of sp³-hybridized carbons (Fsp3) is 0.500. The third-order valence-corrected chi connectivity index (χ3v) is 2.74. The van der Waals surface area contributed by atoms with Crippen LogP contribution in [0.5, 0.6) is 11.5 Å². The molecule has 20 heavy (non-hydrogen) atoms. The molecule has 0 radical (unpaired) electrons. The Hall–Kier alpha value is -1.79. The summed E-state index contributed by atoms with van der Waals surface area (Å²) in [5.41, 5.74) is 1.02. The molecule has 0 aliphatic carbocycles. The third-order valence-electron chi connectivity index (χ3n) is 2.74. The fourth-order valence-electron chi connectivity index (χ4n) is 1.82. The minimum atomic E-state index is -1.41. The lowest BCUT2D eigenvalue weighted by Crippen LogP contribution is -2.16. The maximum absolute atomic E-state index is 11.6. The SMILES string of the molecule is CCOC(=O)C(O)c1cc(COC)c(OC)cc1OC. The first-order valence-electron chi connectivity index (χ1n) is 6.17. The number of methoxy groups -OCH3 is 3. The van der Waals surface area contributed by atoms with Gasteiger partial charge in [0, 0.05) is 24.3 Å². The smallest absolute Gasteiger partial charge is 0.339 e. The second kappa shape index (κ2) is 7.72. The van der Waals surface area contributed by atoms with Gasteiger partial charge in [-0.05, 0) is 13.0 Å². The first-order chi connectivity index (χ1) is 9.58. The van der Waals surface area contributed by atoms with Crippen molar-refractivity contribution in [2.75, 3.05) is 27.9 Å². The lowest BCUT2D eigenvalue weighted by Gasteiger charge is -2.17. The van der Waals surface area contributed by atoms with Crippen LogP contribution < -0.4 is 9.47 Å². The molecule has 0 spiro atoms. The first-order valence-corrected chi connectivity index (χ1v) is 6.17. The van der Waals surface area contributed by atoms with Crippen molar-refractivity contribution in [2.45, 2.75) is 19.6 Å². The second-order valence-corrected chi connectivity index (χ2v) is 3.99. The summed E-state index contributed by atoms with van der Waals surface area (Å²) >= 11 is 0. The highest BCUT2D eigenvalue weighted by molar-refractivity contribution is 5.77. The number of carbonyl (C=O) groups excluding carboxylic acids is 1. The van der Waals surface area contributed by atoms with E-state index in [1.807, 2.05) is 0 Å². The Bertz CT molecular complexity index is 457. The van der Waals surface area contributed by atoms with Gasteiger partial charge >= 0.3 is 5.97 Å². The molecule has 1 aromatic carbocycles. The summed E-state index contributed by atoms with van der Waals surface area (Å²) in [6.45, 7) is 2.15. The number of hydrogen-bond acceptors (Lipinski definition) is 6. The molecule has 0 amide bonds. The van der Waals surface area contributed by atoms with Gasteiger partial charge in [0.25, 0.3) is 0 Å². The summed E-state index contributed by atoms with van der Waals surface area (Å²) in [5, 5.41) is 10.1. The predicted octanol–water partition coefficient (Wildman–Crippen LogP) is 1.45. The van der Waals surface area contributed by atoms with Crippen LogP contribution in [0.3, 0.4) is 0 Å². The zero-order chi connectivity index (χ0) is 15.1. The molecular weight excluding hydrogens is 264 g/mol. The Morgan fingerprint density at radius 2 is 1.85 bits per heavy atom. The molecule has 0 saturated carbocycles. The van der Waals surface area contributed by atoms with Gasteiger partial charge in [-0.25, -0.2) is 4.79 Å². The van der Waals surface area contributed by atoms with Crippen LogP contribution in [0.4, 0.5) is 0 Å². The number of carbonyl (C=O) groups is 1. The first kappa shape index (κ1) is 16.3. The molecule has 1 N–H and O–H groups in total. The van der Waals surface area contributed by atoms with Gasteiger partial charge < -0.3 is 24.1 Å². The number of ether oxygens (including phenoxy) is 4. The van der Waals surface area contributed by atoms with Crippen LogP contribution in [-0.2, 0) is 20.9 Å². The van der Waals surface area contributed by atoms with Crippen LogP contribution in [0, 0.1) is 0 Å². The molecule has 0 aromatic heterocycles. The number of hydrogen-bond donors (Lipinski definition) is 1. The lowest BCUT2D eigenvalue weighted by atomic mass is 10.0. The van der Waals surface area contributed by atoms with Gasteiger partial charge in [0.2, 0.25) is 0 Å². The van der Waals surface area contributed by atoms with Crippen molar-refractivity contribution in [3.05, 3.63) is 23.3 Å². The number of rotatable bonds is 7. The van der Waals surface area contributed by atoms with E-state index >= 15 is 0 Å². The molecule has 1 aromatic rings. The Kier molecular flexibility index (Phi) is 6.27. The van der Waals surface area contributed by atoms with Crippen LogP contribution in [0.15, 0.2) is 12.1 Å². The molecule has 0 aliphatic heterocycles. The van der Waals surface area contributed by atoms with Crippen molar-refractivity contribution in [3.8, 4) is 11.5 Å². The van der Waals surface area contributed by atoms with E-state index in [0.717, 1.165) is 0 Å². The van der Waals surface area contributed by atoms with Crippen LogP contribution in [-0.4, -0.2) is 39.0 Å². The molecule has 6 nitrogen and oxygen atoms in total. The summed E-state index contributed by atoms with van der Waals surface area (Å²) in [5.74, 6) is 0.185. The predicted molar refractivity (Wildman–Crippen MR) is 71.9 cm³/mol. The van der Waals surface area contributed by atoms with E-state index in [9.17, 15) is 9.90 Å². The van der Waals surface area contributed by atoms with E-state index in [2.05, 4.69) is 0 Å². The zero-order valence-corrected chi connectivity index (χ0v) is 12.1. The van der Waals surface area contributed by atoms with Crippen molar-refractivity contribution in [1.82, 2.24) is 0 Å². The van der Waals surface area contributed by atoms with Gasteiger partial charge in [0.1, 0.15) is 11.5 Å². The topological polar surface area (TPSA) is 74.2 Å². The van der Waals surface area contributed by atoms with Gasteiger partial charge in [-0.1, -0.05) is 0 Å². The molecule has 0 heterocycles. The average molecular weight is 284 g/mol. The zero-order valence-electron chi connectivity index (χ0n) is 12.1. The molecule has 0 saturated heterocycles. The third kappa shape index (κ3) is 3.61. The normalized spacial score (nSPS) is 11.8. The quantitative estimate of drug-likeness (QED) is 0.764. The highest BCUT2D eigenvalue weighted by atomic mass is 16.5. The maximum Gasteiger partial charge on any atom is 0.339 e. The fourth-order valence-corrected chi connectivity index (χ4v) is 1.82. The van der Waals surface area contributed by atoms with Crippen molar-refractivity contribution in [3.63, 3.8) is 0 Å². The highest BCUT2D eigenvalue weighted by Crippen LogP contribution is 2.33. The summed E-state index contributed by atoms with van der Waals surface area (Å²) in [6, 6.07) is 3.22. The van der Waals surface area contributed by atoms with E-state index in [1.165, 1.54) is 14.2 Å².